The lowest BCUT2D eigenvalue weighted by atomic mass is 9.95. The van der Waals surface area contributed by atoms with Crippen molar-refractivity contribution in [3.63, 3.8) is 0 Å². The van der Waals surface area contributed by atoms with E-state index < -0.39 is 0 Å². The van der Waals surface area contributed by atoms with Crippen molar-refractivity contribution < 1.29 is 14.6 Å². The van der Waals surface area contributed by atoms with Gasteiger partial charge < -0.3 is 10.2 Å². The SMILES string of the molecule is CC[NH+](CC)[C@H]1C[NH2+]Cc2cccc(F)c21. The molecule has 0 amide bonds. The molecule has 2 rings (SSSR count). The number of hydrogen-bond donors (Lipinski definition) is 2. The number of nitrogens with two attached hydrogens (primary N) is 1. The van der Waals surface area contributed by atoms with Gasteiger partial charge in [-0.2, -0.15) is 0 Å². The van der Waals surface area contributed by atoms with Crippen LogP contribution in [-0.2, 0) is 6.54 Å². The van der Waals surface area contributed by atoms with Gasteiger partial charge in [0.25, 0.3) is 0 Å². The van der Waals surface area contributed by atoms with E-state index in [1.54, 1.807) is 6.07 Å². The topological polar surface area (TPSA) is 21.1 Å². The van der Waals surface area contributed by atoms with E-state index in [2.05, 4.69) is 25.2 Å². The fourth-order valence-electron chi connectivity index (χ4n) is 2.79. The highest BCUT2D eigenvalue weighted by Gasteiger charge is 2.32. The highest BCUT2D eigenvalue weighted by molar-refractivity contribution is 5.30. The summed E-state index contributed by atoms with van der Waals surface area (Å²) in [4.78, 5) is 1.47. The van der Waals surface area contributed by atoms with Crippen molar-refractivity contribution in [2.75, 3.05) is 19.6 Å². The fourth-order valence-corrected chi connectivity index (χ4v) is 2.79. The Morgan fingerprint density at radius 1 is 1.38 bits per heavy atom. The molecule has 1 aliphatic rings. The largest absolute Gasteiger partial charge is 0.337 e. The second-order valence-electron chi connectivity index (χ2n) is 4.46. The maximum absolute atomic E-state index is 13.9. The number of nitrogens with one attached hydrogen (secondary N) is 1. The molecular formula is C13H21FN2+2. The summed E-state index contributed by atoms with van der Waals surface area (Å²) >= 11 is 0. The van der Waals surface area contributed by atoms with Crippen molar-refractivity contribution in [1.29, 1.82) is 0 Å². The molecule has 1 heterocycles. The third-order valence-corrected chi connectivity index (χ3v) is 3.66. The molecule has 0 unspecified atom stereocenters. The highest BCUT2D eigenvalue weighted by atomic mass is 19.1. The van der Waals surface area contributed by atoms with Gasteiger partial charge in [-0.15, -0.1) is 0 Å². The molecule has 0 fully saturated rings. The second-order valence-corrected chi connectivity index (χ2v) is 4.46. The minimum Gasteiger partial charge on any atom is -0.337 e. The van der Waals surface area contributed by atoms with Gasteiger partial charge in [0, 0.05) is 5.56 Å². The van der Waals surface area contributed by atoms with E-state index in [0.29, 0.717) is 6.04 Å². The third-order valence-electron chi connectivity index (χ3n) is 3.66. The number of benzene rings is 1. The summed E-state index contributed by atoms with van der Waals surface area (Å²) in [6, 6.07) is 5.80. The van der Waals surface area contributed by atoms with E-state index >= 15 is 0 Å². The Hall–Kier alpha value is -0.930. The van der Waals surface area contributed by atoms with Crippen molar-refractivity contribution >= 4 is 0 Å². The lowest BCUT2D eigenvalue weighted by Gasteiger charge is -2.30. The molecular weight excluding hydrogens is 203 g/mol. The Balaban J connectivity index is 2.38. The standard InChI is InChI=1S/C13H19FN2/c1-3-16(4-2)12-9-15-8-10-6-5-7-11(14)13(10)12/h5-7,12,15H,3-4,8-9H2,1-2H3/p+2/t12-/m0/s1. The van der Waals surface area contributed by atoms with Crippen LogP contribution in [0.15, 0.2) is 18.2 Å². The van der Waals surface area contributed by atoms with Gasteiger partial charge in [0.1, 0.15) is 18.9 Å². The van der Waals surface area contributed by atoms with Gasteiger partial charge in [0.05, 0.1) is 18.7 Å². The molecule has 88 valence electrons. The van der Waals surface area contributed by atoms with Gasteiger partial charge >= 0.3 is 0 Å². The molecule has 1 aromatic carbocycles. The first-order valence-corrected chi connectivity index (χ1v) is 6.21. The van der Waals surface area contributed by atoms with Gasteiger partial charge in [0.2, 0.25) is 0 Å². The molecule has 0 aliphatic carbocycles. The molecule has 3 N–H and O–H groups in total. The summed E-state index contributed by atoms with van der Waals surface area (Å²) in [5, 5.41) is 2.29. The molecule has 3 heteroatoms. The monoisotopic (exact) mass is 224 g/mol. The maximum atomic E-state index is 13.9. The van der Waals surface area contributed by atoms with Gasteiger partial charge in [-0.25, -0.2) is 4.39 Å². The van der Waals surface area contributed by atoms with Crippen LogP contribution in [0.25, 0.3) is 0 Å². The lowest BCUT2D eigenvalue weighted by Crippen LogP contribution is -3.15. The number of halogens is 1. The summed E-state index contributed by atoms with van der Waals surface area (Å²) in [5.74, 6) is -0.0185. The number of hydrogen-bond acceptors (Lipinski definition) is 0. The molecule has 0 aromatic heterocycles. The van der Waals surface area contributed by atoms with Crippen molar-refractivity contribution in [1.82, 2.24) is 0 Å². The molecule has 0 saturated carbocycles. The van der Waals surface area contributed by atoms with Crippen LogP contribution in [0.1, 0.15) is 31.0 Å². The van der Waals surface area contributed by atoms with Crippen LogP contribution in [0.4, 0.5) is 4.39 Å². The van der Waals surface area contributed by atoms with Crippen LogP contribution in [-0.4, -0.2) is 19.6 Å². The zero-order chi connectivity index (χ0) is 11.5. The van der Waals surface area contributed by atoms with Gasteiger partial charge in [-0.1, -0.05) is 12.1 Å². The van der Waals surface area contributed by atoms with Gasteiger partial charge in [0.15, 0.2) is 6.04 Å². The summed E-state index contributed by atoms with van der Waals surface area (Å²) in [6.45, 7) is 8.39. The predicted molar refractivity (Wildman–Crippen MR) is 61.7 cm³/mol. The zero-order valence-corrected chi connectivity index (χ0v) is 10.1. The second kappa shape index (κ2) is 4.93. The maximum Gasteiger partial charge on any atom is 0.166 e. The molecule has 2 nitrogen and oxygen atoms in total. The molecule has 0 bridgehead atoms. The first-order valence-electron chi connectivity index (χ1n) is 6.21. The first kappa shape index (κ1) is 11.6. The van der Waals surface area contributed by atoms with E-state index in [1.807, 2.05) is 6.07 Å². The van der Waals surface area contributed by atoms with Gasteiger partial charge in [-0.05, 0) is 19.9 Å². The fraction of sp³-hybridized carbons (Fsp3) is 0.538. The lowest BCUT2D eigenvalue weighted by molar-refractivity contribution is -0.945. The Bertz CT molecular complexity index is 361. The Labute approximate surface area is 96.5 Å². The first-order chi connectivity index (χ1) is 7.77. The van der Waals surface area contributed by atoms with Crippen molar-refractivity contribution in [2.24, 2.45) is 0 Å². The van der Waals surface area contributed by atoms with Crippen LogP contribution < -0.4 is 10.2 Å². The van der Waals surface area contributed by atoms with Crippen molar-refractivity contribution in [3.8, 4) is 0 Å². The highest BCUT2D eigenvalue weighted by Crippen LogP contribution is 2.20. The van der Waals surface area contributed by atoms with Crippen LogP contribution in [0.2, 0.25) is 0 Å². The number of fused-ring (bicyclic) bond motifs is 1. The molecule has 1 aliphatic heterocycles. The van der Waals surface area contributed by atoms with Crippen LogP contribution >= 0.6 is 0 Å². The van der Waals surface area contributed by atoms with E-state index in [9.17, 15) is 4.39 Å². The zero-order valence-electron chi connectivity index (χ0n) is 10.1. The molecule has 0 radical (unpaired) electrons. The molecule has 1 atom stereocenters. The van der Waals surface area contributed by atoms with Crippen molar-refractivity contribution in [3.05, 3.63) is 35.1 Å². The van der Waals surface area contributed by atoms with Crippen LogP contribution in [0.5, 0.6) is 0 Å². The average Bonchev–Trinajstić information content (AvgIpc) is 2.31. The Kier molecular flexibility index (Phi) is 3.56. The van der Waals surface area contributed by atoms with E-state index in [4.69, 9.17) is 0 Å². The molecule has 0 saturated heterocycles. The molecule has 16 heavy (non-hydrogen) atoms. The summed E-state index contributed by atoms with van der Waals surface area (Å²) in [6.07, 6.45) is 0. The Morgan fingerprint density at radius 2 is 2.12 bits per heavy atom. The smallest absolute Gasteiger partial charge is 0.166 e. The minimum absolute atomic E-state index is 0.0185. The predicted octanol–water partition coefficient (Wildman–Crippen LogP) is -0.131. The third kappa shape index (κ3) is 1.97. The van der Waals surface area contributed by atoms with Gasteiger partial charge in [-0.3, -0.25) is 0 Å². The molecule has 0 spiro atoms. The molecule has 1 aromatic rings. The number of rotatable bonds is 3. The van der Waals surface area contributed by atoms with E-state index in [1.165, 1.54) is 10.5 Å². The minimum atomic E-state index is -0.0185. The quantitative estimate of drug-likeness (QED) is 0.714. The van der Waals surface area contributed by atoms with E-state index in [0.717, 1.165) is 31.7 Å². The van der Waals surface area contributed by atoms with Crippen molar-refractivity contribution in [2.45, 2.75) is 26.4 Å². The summed E-state index contributed by atoms with van der Waals surface area (Å²) in [5.41, 5.74) is 2.14. The van der Waals surface area contributed by atoms with E-state index in [-0.39, 0.29) is 5.82 Å². The number of likely N-dealkylation sites (N-methyl/N-ethyl adjacent to an activating group) is 1. The average molecular weight is 224 g/mol. The summed E-state index contributed by atoms with van der Waals surface area (Å²) < 4.78 is 13.9. The Morgan fingerprint density at radius 3 is 2.81 bits per heavy atom. The van der Waals surface area contributed by atoms with Crippen LogP contribution in [0, 0.1) is 5.82 Å². The number of quaternary nitrogens is 2. The summed E-state index contributed by atoms with van der Waals surface area (Å²) in [7, 11) is 0. The van der Waals surface area contributed by atoms with Crippen LogP contribution in [0.3, 0.4) is 0 Å². The normalized spacial score (nSPS) is 19.9.